The molecule has 1 rings (SSSR count). The Morgan fingerprint density at radius 3 is 3.00 bits per heavy atom. The number of hydrogen-bond donors (Lipinski definition) is 3. The second-order valence-corrected chi connectivity index (χ2v) is 3.56. The summed E-state index contributed by atoms with van der Waals surface area (Å²) < 4.78 is 3.69. The highest BCUT2D eigenvalue weighted by atomic mass is 31.1. The first-order valence-electron chi connectivity index (χ1n) is 4.25. The van der Waals surface area contributed by atoms with Gasteiger partial charge >= 0.3 is 5.97 Å². The number of rotatable bonds is 4. The maximum absolute atomic E-state index is 11.2. The predicted octanol–water partition coefficient (Wildman–Crippen LogP) is -0.0307. The van der Waals surface area contributed by atoms with Crippen LogP contribution in [0.3, 0.4) is 0 Å². The lowest BCUT2D eigenvalue weighted by molar-refractivity contribution is -0.138. The fraction of sp³-hybridized carbons (Fsp3) is 0.714. The number of nitrogens with zero attached hydrogens (tertiary/aromatic N) is 1. The molecule has 0 saturated carbocycles. The standard InChI is InChI=1S/C7H12N3O3P/c8-14-10-5(7(12)13)3-4-1-2-9-6(4)11/h4-5H,1-3H2,(H2,8,10)(H,9,11)(H,12,13). The van der Waals surface area contributed by atoms with E-state index in [2.05, 4.69) is 10.1 Å². The van der Waals surface area contributed by atoms with Crippen molar-refractivity contribution in [3.8, 4) is 0 Å². The second kappa shape index (κ2) is 5.02. The lowest BCUT2D eigenvalue weighted by Gasteiger charge is -2.09. The third-order valence-electron chi connectivity index (χ3n) is 2.16. The van der Waals surface area contributed by atoms with Gasteiger partial charge in [-0.2, -0.15) is 0 Å². The number of carboxylic acids is 1. The number of carbonyl (C=O) groups is 2. The lowest BCUT2D eigenvalue weighted by atomic mass is 9.99. The summed E-state index contributed by atoms with van der Waals surface area (Å²) in [6.07, 6.45) is 0.922. The lowest BCUT2D eigenvalue weighted by Crippen LogP contribution is -2.26. The number of aliphatic carboxylic acids is 1. The molecule has 1 fully saturated rings. The van der Waals surface area contributed by atoms with Crippen molar-refractivity contribution < 1.29 is 14.7 Å². The Hall–Kier alpha value is -1.00. The van der Waals surface area contributed by atoms with Crippen molar-refractivity contribution in [1.82, 2.24) is 5.32 Å². The maximum Gasteiger partial charge on any atom is 0.328 e. The van der Waals surface area contributed by atoms with Gasteiger partial charge in [-0.25, -0.2) is 9.54 Å². The van der Waals surface area contributed by atoms with Crippen LogP contribution in [0.5, 0.6) is 0 Å². The largest absolute Gasteiger partial charge is 0.480 e. The van der Waals surface area contributed by atoms with E-state index >= 15 is 0 Å². The number of hydrogen-bond acceptors (Lipinski definition) is 3. The minimum absolute atomic E-state index is 0.0832. The van der Waals surface area contributed by atoms with Gasteiger partial charge in [0.25, 0.3) is 0 Å². The van der Waals surface area contributed by atoms with Crippen LogP contribution in [0.15, 0.2) is 4.74 Å². The van der Waals surface area contributed by atoms with Crippen LogP contribution >= 0.6 is 8.52 Å². The van der Waals surface area contributed by atoms with Crippen LogP contribution < -0.4 is 10.8 Å². The maximum atomic E-state index is 11.2. The van der Waals surface area contributed by atoms with E-state index < -0.39 is 12.0 Å². The predicted molar refractivity (Wildman–Crippen MR) is 50.7 cm³/mol. The highest BCUT2D eigenvalue weighted by molar-refractivity contribution is 7.23. The van der Waals surface area contributed by atoms with Gasteiger partial charge in [-0.3, -0.25) is 10.3 Å². The van der Waals surface area contributed by atoms with E-state index in [0.29, 0.717) is 13.0 Å². The van der Waals surface area contributed by atoms with Crippen LogP contribution in [0, 0.1) is 5.92 Å². The molecule has 78 valence electrons. The van der Waals surface area contributed by atoms with E-state index in [1.165, 1.54) is 0 Å². The Morgan fingerprint density at radius 1 is 1.86 bits per heavy atom. The number of amides is 1. The first kappa shape index (κ1) is 11.1. The Kier molecular flexibility index (Phi) is 3.98. The molecule has 14 heavy (non-hydrogen) atoms. The second-order valence-electron chi connectivity index (χ2n) is 3.10. The van der Waals surface area contributed by atoms with Crippen LogP contribution in [0.4, 0.5) is 0 Å². The highest BCUT2D eigenvalue weighted by Gasteiger charge is 2.29. The molecule has 0 aromatic heterocycles. The molecular formula is C7H12N3O3P. The van der Waals surface area contributed by atoms with Gasteiger partial charge in [0.05, 0.1) is 8.52 Å². The normalized spacial score (nSPS) is 23.8. The molecule has 2 atom stereocenters. The first-order chi connectivity index (χ1) is 6.65. The Bertz CT molecular complexity index is 269. The van der Waals surface area contributed by atoms with Crippen LogP contribution in [0.2, 0.25) is 0 Å². The monoisotopic (exact) mass is 217 g/mol. The summed E-state index contributed by atoms with van der Waals surface area (Å²) in [7, 11) is 0.197. The average molecular weight is 217 g/mol. The van der Waals surface area contributed by atoms with Crippen molar-refractivity contribution in [2.75, 3.05) is 6.54 Å². The van der Waals surface area contributed by atoms with Gasteiger partial charge in [0.2, 0.25) is 5.91 Å². The Balaban J connectivity index is 2.54. The number of carbonyl (C=O) groups excluding carboxylic acids is 1. The quantitative estimate of drug-likeness (QED) is 0.575. The summed E-state index contributed by atoms with van der Waals surface area (Å²) in [5.74, 6) is -1.34. The highest BCUT2D eigenvalue weighted by Crippen LogP contribution is 2.18. The number of nitrogens with one attached hydrogen (secondary N) is 1. The molecule has 1 aliphatic heterocycles. The molecule has 1 saturated heterocycles. The van der Waals surface area contributed by atoms with E-state index in [4.69, 9.17) is 10.6 Å². The third kappa shape index (κ3) is 2.75. The van der Waals surface area contributed by atoms with Crippen LogP contribution in [0.25, 0.3) is 0 Å². The molecule has 7 heteroatoms. The first-order valence-corrected chi connectivity index (χ1v) is 5.17. The average Bonchev–Trinajstić information content (AvgIpc) is 2.51. The zero-order valence-electron chi connectivity index (χ0n) is 7.51. The fourth-order valence-corrected chi connectivity index (χ4v) is 1.77. The molecular weight excluding hydrogens is 205 g/mol. The van der Waals surface area contributed by atoms with Gasteiger partial charge in [0.1, 0.15) is 0 Å². The van der Waals surface area contributed by atoms with Crippen molar-refractivity contribution in [3.63, 3.8) is 0 Å². The summed E-state index contributed by atoms with van der Waals surface area (Å²) >= 11 is 0. The van der Waals surface area contributed by atoms with Crippen molar-refractivity contribution in [2.45, 2.75) is 18.9 Å². The Morgan fingerprint density at radius 2 is 2.57 bits per heavy atom. The van der Waals surface area contributed by atoms with Gasteiger partial charge in [-0.15, -0.1) is 0 Å². The summed E-state index contributed by atoms with van der Waals surface area (Å²) in [5.41, 5.74) is 5.12. The minimum atomic E-state index is -1.03. The van der Waals surface area contributed by atoms with Gasteiger partial charge in [-0.05, 0) is 12.8 Å². The molecule has 2 unspecified atom stereocenters. The van der Waals surface area contributed by atoms with Crippen molar-refractivity contribution in [2.24, 2.45) is 16.2 Å². The van der Waals surface area contributed by atoms with Crippen molar-refractivity contribution >= 4 is 20.4 Å². The van der Waals surface area contributed by atoms with Crippen LogP contribution in [-0.2, 0) is 9.59 Å². The molecule has 0 aromatic rings. The van der Waals surface area contributed by atoms with Crippen LogP contribution in [-0.4, -0.2) is 29.6 Å². The molecule has 0 radical (unpaired) electrons. The zero-order chi connectivity index (χ0) is 10.6. The van der Waals surface area contributed by atoms with Crippen molar-refractivity contribution in [1.29, 1.82) is 0 Å². The van der Waals surface area contributed by atoms with E-state index in [1.54, 1.807) is 0 Å². The fourth-order valence-electron chi connectivity index (χ4n) is 1.42. The summed E-state index contributed by atoms with van der Waals surface area (Å²) in [6.45, 7) is 0.621. The third-order valence-corrected chi connectivity index (χ3v) is 2.57. The molecule has 1 heterocycles. The van der Waals surface area contributed by atoms with E-state index in [0.717, 1.165) is 0 Å². The molecule has 1 aliphatic rings. The minimum Gasteiger partial charge on any atom is -0.480 e. The van der Waals surface area contributed by atoms with E-state index in [9.17, 15) is 9.59 Å². The molecule has 0 bridgehead atoms. The Labute approximate surface area is 82.8 Å². The summed E-state index contributed by atoms with van der Waals surface area (Å²) in [5, 5.41) is 11.4. The topological polar surface area (TPSA) is 105 Å². The molecule has 0 spiro atoms. The van der Waals surface area contributed by atoms with E-state index in [1.807, 2.05) is 0 Å². The number of nitrogens with two attached hydrogens (primary N) is 1. The number of carboxylic acid groups (broad SMARTS) is 1. The molecule has 0 aliphatic carbocycles. The van der Waals surface area contributed by atoms with Gasteiger partial charge < -0.3 is 10.4 Å². The van der Waals surface area contributed by atoms with Gasteiger partial charge in [0.15, 0.2) is 6.04 Å². The van der Waals surface area contributed by atoms with Gasteiger partial charge in [-0.1, -0.05) is 0 Å². The van der Waals surface area contributed by atoms with Crippen LogP contribution in [0.1, 0.15) is 12.8 Å². The zero-order valence-corrected chi connectivity index (χ0v) is 8.41. The summed E-state index contributed by atoms with van der Waals surface area (Å²) in [6, 6.07) is -0.865. The molecule has 1 amide bonds. The van der Waals surface area contributed by atoms with Gasteiger partial charge in [0, 0.05) is 12.5 Å². The molecule has 6 nitrogen and oxygen atoms in total. The summed E-state index contributed by atoms with van der Waals surface area (Å²) in [4.78, 5) is 21.9. The SMILES string of the molecule is NP=NC(CC1CCNC1=O)C(=O)O. The molecule has 0 aromatic carbocycles. The van der Waals surface area contributed by atoms with E-state index in [-0.39, 0.29) is 26.8 Å². The van der Waals surface area contributed by atoms with Crippen molar-refractivity contribution in [3.05, 3.63) is 0 Å². The molecule has 4 N–H and O–H groups in total. The smallest absolute Gasteiger partial charge is 0.328 e.